The summed E-state index contributed by atoms with van der Waals surface area (Å²) in [6.45, 7) is 3.97. The Morgan fingerprint density at radius 3 is 2.89 bits per heavy atom. The minimum Gasteiger partial charge on any atom is -0.389 e. The van der Waals surface area contributed by atoms with Gasteiger partial charge < -0.3 is 24.8 Å². The van der Waals surface area contributed by atoms with Crippen molar-refractivity contribution >= 4 is 17.5 Å². The number of carbonyl (C=O) groups excluding carboxylic acids is 2. The highest BCUT2D eigenvalue weighted by molar-refractivity contribution is 5.97. The van der Waals surface area contributed by atoms with Crippen LogP contribution in [0.4, 0.5) is 5.69 Å². The Balaban J connectivity index is 1.62. The summed E-state index contributed by atoms with van der Waals surface area (Å²) in [6, 6.07) is 6.95. The van der Waals surface area contributed by atoms with Gasteiger partial charge in [-0.3, -0.25) is 9.59 Å². The number of ether oxygens (including phenoxy) is 2. The number of anilines is 1. The van der Waals surface area contributed by atoms with E-state index in [1.54, 1.807) is 24.3 Å². The predicted octanol–water partition coefficient (Wildman–Crippen LogP) is 1.27. The highest BCUT2D eigenvalue weighted by Crippen LogP contribution is 2.44. The van der Waals surface area contributed by atoms with Gasteiger partial charge in [-0.1, -0.05) is 6.07 Å². The first kappa shape index (κ1) is 18.4. The maximum atomic E-state index is 13.3. The first-order valence-electron chi connectivity index (χ1n) is 9.55. The van der Waals surface area contributed by atoms with E-state index in [1.807, 2.05) is 4.90 Å². The van der Waals surface area contributed by atoms with Crippen LogP contribution in [0.15, 0.2) is 24.3 Å². The van der Waals surface area contributed by atoms with Crippen LogP contribution in [0.25, 0.3) is 0 Å². The molecule has 3 aliphatic heterocycles. The molecule has 0 radical (unpaired) electrons. The van der Waals surface area contributed by atoms with E-state index in [4.69, 9.17) is 9.47 Å². The molecule has 0 aromatic heterocycles. The van der Waals surface area contributed by atoms with Crippen molar-refractivity contribution in [2.75, 3.05) is 38.3 Å². The van der Waals surface area contributed by atoms with Crippen LogP contribution in [0.3, 0.4) is 0 Å². The van der Waals surface area contributed by atoms with Crippen molar-refractivity contribution < 1.29 is 24.2 Å². The molecular formula is C20H26N2O5. The molecule has 4 atom stereocenters. The fourth-order valence-electron chi connectivity index (χ4n) is 4.79. The van der Waals surface area contributed by atoms with Gasteiger partial charge in [0.25, 0.3) is 5.91 Å². The van der Waals surface area contributed by atoms with E-state index in [2.05, 4.69) is 5.32 Å². The topological polar surface area (TPSA) is 88.1 Å². The third-order valence-electron chi connectivity index (χ3n) is 6.14. The van der Waals surface area contributed by atoms with Crippen LogP contribution in [0.2, 0.25) is 0 Å². The van der Waals surface area contributed by atoms with E-state index in [-0.39, 0.29) is 29.7 Å². The van der Waals surface area contributed by atoms with Crippen LogP contribution in [-0.4, -0.2) is 66.4 Å². The molecule has 1 aromatic carbocycles. The maximum absolute atomic E-state index is 13.3. The Hall–Kier alpha value is -1.96. The lowest BCUT2D eigenvalue weighted by atomic mass is 9.66. The highest BCUT2D eigenvalue weighted by atomic mass is 16.5. The van der Waals surface area contributed by atoms with Gasteiger partial charge >= 0.3 is 0 Å². The number of amides is 2. The Bertz CT molecular complexity index is 739. The zero-order valence-electron chi connectivity index (χ0n) is 15.5. The normalized spacial score (nSPS) is 33.0. The lowest BCUT2D eigenvalue weighted by Crippen LogP contribution is -2.68. The van der Waals surface area contributed by atoms with Gasteiger partial charge in [0.2, 0.25) is 5.91 Å². The van der Waals surface area contributed by atoms with Crippen LogP contribution in [0, 0.1) is 11.8 Å². The van der Waals surface area contributed by atoms with Crippen molar-refractivity contribution in [1.82, 2.24) is 4.90 Å². The molecule has 7 heteroatoms. The molecule has 3 fully saturated rings. The van der Waals surface area contributed by atoms with Gasteiger partial charge in [0.1, 0.15) is 0 Å². The molecule has 2 N–H and O–H groups in total. The van der Waals surface area contributed by atoms with Crippen molar-refractivity contribution in [3.05, 3.63) is 29.8 Å². The number of hydrogen-bond donors (Lipinski definition) is 2. The predicted molar refractivity (Wildman–Crippen MR) is 98.4 cm³/mol. The monoisotopic (exact) mass is 374 g/mol. The molecule has 4 rings (SSSR count). The smallest absolute Gasteiger partial charge is 0.254 e. The first-order chi connectivity index (χ1) is 13.0. The number of nitrogens with one attached hydrogen (secondary N) is 1. The molecule has 0 saturated carbocycles. The molecule has 3 heterocycles. The minimum absolute atomic E-state index is 0.0463. The minimum atomic E-state index is -0.835. The second-order valence-corrected chi connectivity index (χ2v) is 7.77. The average molecular weight is 374 g/mol. The van der Waals surface area contributed by atoms with Gasteiger partial charge in [0.15, 0.2) is 0 Å². The fourth-order valence-corrected chi connectivity index (χ4v) is 4.79. The second kappa shape index (κ2) is 7.22. The van der Waals surface area contributed by atoms with Crippen LogP contribution in [-0.2, 0) is 14.3 Å². The lowest BCUT2D eigenvalue weighted by Gasteiger charge is -2.57. The largest absolute Gasteiger partial charge is 0.389 e. The number of aliphatic hydroxyl groups is 1. The maximum Gasteiger partial charge on any atom is 0.254 e. The Kier molecular flexibility index (Phi) is 4.92. The Labute approximate surface area is 158 Å². The summed E-state index contributed by atoms with van der Waals surface area (Å²) in [5, 5.41) is 14.1. The number of nitrogens with zero attached hydrogens (tertiary/aromatic N) is 1. The van der Waals surface area contributed by atoms with Crippen molar-refractivity contribution in [3.63, 3.8) is 0 Å². The Morgan fingerprint density at radius 2 is 2.07 bits per heavy atom. The molecule has 146 valence electrons. The zero-order valence-corrected chi connectivity index (χ0v) is 15.5. The summed E-state index contributed by atoms with van der Waals surface area (Å²) in [5.74, 6) is -0.466. The molecule has 1 aromatic rings. The number of carbonyl (C=O) groups is 2. The van der Waals surface area contributed by atoms with Crippen molar-refractivity contribution in [1.29, 1.82) is 0 Å². The highest BCUT2D eigenvalue weighted by Gasteiger charge is 2.56. The van der Waals surface area contributed by atoms with E-state index < -0.39 is 5.60 Å². The van der Waals surface area contributed by atoms with Crippen molar-refractivity contribution in [2.24, 2.45) is 11.8 Å². The van der Waals surface area contributed by atoms with Gasteiger partial charge in [-0.25, -0.2) is 0 Å². The van der Waals surface area contributed by atoms with Gasteiger partial charge in [0, 0.05) is 62.2 Å². The molecule has 27 heavy (non-hydrogen) atoms. The zero-order chi connectivity index (χ0) is 19.0. The van der Waals surface area contributed by atoms with Gasteiger partial charge in [-0.2, -0.15) is 0 Å². The number of rotatable bonds is 2. The standard InChI is InChI=1S/C20H26N2O5/c1-13(23)21-16-4-2-3-14(9-16)19(24)22-10-15-11-27-8-6-20(15,25)17-12-26-7-5-18(17)22/h2-4,9,15,17-18,25H,5-8,10-12H2,1H3,(H,21,23)/t15-,17+,18-,20-/m1/s1. The molecule has 3 aliphatic rings. The molecule has 0 unspecified atom stereocenters. The lowest BCUT2D eigenvalue weighted by molar-refractivity contribution is -0.212. The fraction of sp³-hybridized carbons (Fsp3) is 0.600. The summed E-state index contributed by atoms with van der Waals surface area (Å²) >= 11 is 0. The molecule has 0 spiro atoms. The SMILES string of the molecule is CC(=O)Nc1cccc(C(=O)N2C[C@@H]3COCC[C@]3(O)[C@H]3COCC[C@H]32)c1. The molecular weight excluding hydrogens is 348 g/mol. The number of likely N-dealkylation sites (tertiary alicyclic amines) is 1. The number of benzene rings is 1. The van der Waals surface area contributed by atoms with E-state index in [0.29, 0.717) is 50.6 Å². The van der Waals surface area contributed by atoms with Crippen LogP contribution in [0.5, 0.6) is 0 Å². The molecule has 7 nitrogen and oxygen atoms in total. The molecule has 0 bridgehead atoms. The molecule has 2 amide bonds. The van der Waals surface area contributed by atoms with Crippen LogP contribution in [0.1, 0.15) is 30.1 Å². The van der Waals surface area contributed by atoms with Gasteiger partial charge in [0.05, 0.1) is 18.8 Å². The summed E-state index contributed by atoms with van der Waals surface area (Å²) in [4.78, 5) is 26.5. The summed E-state index contributed by atoms with van der Waals surface area (Å²) in [6.07, 6.45) is 1.31. The van der Waals surface area contributed by atoms with E-state index >= 15 is 0 Å². The second-order valence-electron chi connectivity index (χ2n) is 7.77. The molecule has 0 aliphatic carbocycles. The van der Waals surface area contributed by atoms with E-state index in [9.17, 15) is 14.7 Å². The number of fused-ring (bicyclic) bond motifs is 3. The quantitative estimate of drug-likeness (QED) is 0.814. The van der Waals surface area contributed by atoms with Gasteiger partial charge in [-0.15, -0.1) is 0 Å². The first-order valence-corrected chi connectivity index (χ1v) is 9.55. The summed E-state index contributed by atoms with van der Waals surface area (Å²) < 4.78 is 11.3. The van der Waals surface area contributed by atoms with Crippen LogP contribution >= 0.6 is 0 Å². The Morgan fingerprint density at radius 1 is 1.26 bits per heavy atom. The summed E-state index contributed by atoms with van der Waals surface area (Å²) in [7, 11) is 0. The third kappa shape index (κ3) is 3.35. The van der Waals surface area contributed by atoms with E-state index in [0.717, 1.165) is 6.42 Å². The number of piperidine rings is 1. The molecule has 3 saturated heterocycles. The number of hydrogen-bond acceptors (Lipinski definition) is 5. The third-order valence-corrected chi connectivity index (χ3v) is 6.14. The average Bonchev–Trinajstić information content (AvgIpc) is 2.67. The van der Waals surface area contributed by atoms with Crippen molar-refractivity contribution in [3.8, 4) is 0 Å². The van der Waals surface area contributed by atoms with E-state index in [1.165, 1.54) is 6.92 Å². The van der Waals surface area contributed by atoms with Gasteiger partial charge in [-0.05, 0) is 24.6 Å². The van der Waals surface area contributed by atoms with Crippen molar-refractivity contribution in [2.45, 2.75) is 31.4 Å². The summed E-state index contributed by atoms with van der Waals surface area (Å²) in [5.41, 5.74) is 0.304. The van der Waals surface area contributed by atoms with Crippen LogP contribution < -0.4 is 5.32 Å².